The number of carbonyl (C=O) groups excluding carboxylic acids is 1. The quantitative estimate of drug-likeness (QED) is 0.643. The molecule has 2 aliphatic heterocycles. The lowest BCUT2D eigenvalue weighted by Gasteiger charge is -2.40. The van der Waals surface area contributed by atoms with Crippen molar-refractivity contribution in [2.24, 2.45) is 0 Å². The summed E-state index contributed by atoms with van der Waals surface area (Å²) >= 11 is 6.59. The lowest BCUT2D eigenvalue weighted by Crippen LogP contribution is -2.54. The van der Waals surface area contributed by atoms with Crippen molar-refractivity contribution in [3.63, 3.8) is 0 Å². The second-order valence-electron chi connectivity index (χ2n) is 8.61. The number of piperazine rings is 1. The minimum absolute atomic E-state index is 0.0914. The Labute approximate surface area is 192 Å². The molecule has 168 valence electrons. The Morgan fingerprint density at radius 1 is 1.03 bits per heavy atom. The molecule has 2 amide bonds. The number of hydrogen-bond acceptors (Lipinski definition) is 4. The number of carbonyl (C=O) groups is 1. The second-order valence-corrected chi connectivity index (χ2v) is 9.02. The summed E-state index contributed by atoms with van der Waals surface area (Å²) < 4.78 is 2.07. The van der Waals surface area contributed by atoms with Gasteiger partial charge in [0.1, 0.15) is 5.65 Å². The molecule has 2 fully saturated rings. The normalized spacial score (nSPS) is 17.9. The molecule has 0 bridgehead atoms. The van der Waals surface area contributed by atoms with Crippen molar-refractivity contribution in [2.75, 3.05) is 44.2 Å². The molecule has 0 unspecified atom stereocenters. The first kappa shape index (κ1) is 21.1. The molecule has 32 heavy (non-hydrogen) atoms. The predicted molar refractivity (Wildman–Crippen MR) is 126 cm³/mol. The van der Waals surface area contributed by atoms with Crippen molar-refractivity contribution in [1.82, 2.24) is 19.2 Å². The summed E-state index contributed by atoms with van der Waals surface area (Å²) in [7, 11) is 0. The summed E-state index contributed by atoms with van der Waals surface area (Å²) in [5.41, 5.74) is 4.87. The molecule has 0 aliphatic carbocycles. The summed E-state index contributed by atoms with van der Waals surface area (Å²) in [5.74, 6) is 0. The van der Waals surface area contributed by atoms with Gasteiger partial charge >= 0.3 is 6.03 Å². The molecule has 4 heterocycles. The van der Waals surface area contributed by atoms with Gasteiger partial charge in [0, 0.05) is 62.4 Å². The van der Waals surface area contributed by atoms with Gasteiger partial charge in [-0.2, -0.15) is 0 Å². The zero-order valence-electron chi connectivity index (χ0n) is 18.2. The monoisotopic (exact) mass is 453 g/mol. The highest BCUT2D eigenvalue weighted by Crippen LogP contribution is 2.34. The number of halogens is 1. The number of aliphatic hydroxyl groups excluding tert-OH is 1. The van der Waals surface area contributed by atoms with E-state index in [-0.39, 0.29) is 12.1 Å². The van der Waals surface area contributed by atoms with Crippen molar-refractivity contribution < 1.29 is 9.90 Å². The smallest absolute Gasteiger partial charge is 0.320 e. The Hall–Kier alpha value is -2.77. The number of aryl methyl sites for hydroxylation is 1. The van der Waals surface area contributed by atoms with E-state index in [1.54, 1.807) is 0 Å². The van der Waals surface area contributed by atoms with Gasteiger partial charge in [0.2, 0.25) is 0 Å². The van der Waals surface area contributed by atoms with E-state index in [4.69, 9.17) is 16.6 Å². The van der Waals surface area contributed by atoms with Gasteiger partial charge in [0.25, 0.3) is 0 Å². The number of urea groups is 1. The van der Waals surface area contributed by atoms with Crippen LogP contribution in [0.2, 0.25) is 5.02 Å². The van der Waals surface area contributed by atoms with Crippen LogP contribution in [0.15, 0.2) is 42.6 Å². The first-order chi connectivity index (χ1) is 15.5. The van der Waals surface area contributed by atoms with E-state index >= 15 is 0 Å². The lowest BCUT2D eigenvalue weighted by atomic mass is 10.1. The summed E-state index contributed by atoms with van der Waals surface area (Å²) in [6.07, 6.45) is 3.08. The van der Waals surface area contributed by atoms with Gasteiger partial charge in [0.15, 0.2) is 0 Å². The highest BCUT2D eigenvalue weighted by molar-refractivity contribution is 6.33. The molecule has 0 spiro atoms. The third-order valence-electron chi connectivity index (χ3n) is 6.62. The van der Waals surface area contributed by atoms with E-state index in [0.29, 0.717) is 44.0 Å². The fourth-order valence-electron chi connectivity index (χ4n) is 4.68. The van der Waals surface area contributed by atoms with E-state index in [9.17, 15) is 9.90 Å². The van der Waals surface area contributed by atoms with Crippen LogP contribution in [0.25, 0.3) is 16.9 Å². The number of benzene rings is 1. The van der Waals surface area contributed by atoms with E-state index < -0.39 is 0 Å². The van der Waals surface area contributed by atoms with Gasteiger partial charge in [-0.25, -0.2) is 9.78 Å². The third kappa shape index (κ3) is 3.91. The number of anilines is 1. The molecule has 2 saturated heterocycles. The molecule has 1 N–H and O–H groups in total. The number of amides is 2. The molecular weight excluding hydrogens is 426 g/mol. The zero-order chi connectivity index (χ0) is 22.2. The number of piperidine rings is 1. The number of likely N-dealkylation sites (tertiary alicyclic amines) is 1. The van der Waals surface area contributed by atoms with E-state index in [1.807, 2.05) is 46.3 Å². The van der Waals surface area contributed by atoms with Crippen LogP contribution >= 0.6 is 11.6 Å². The van der Waals surface area contributed by atoms with Crippen LogP contribution in [0, 0.1) is 6.92 Å². The molecule has 0 radical (unpaired) electrons. The number of imidazole rings is 1. The topological polar surface area (TPSA) is 64.3 Å². The Bertz CT molecular complexity index is 1130. The Morgan fingerprint density at radius 3 is 2.47 bits per heavy atom. The largest absolute Gasteiger partial charge is 0.393 e. The van der Waals surface area contributed by atoms with Gasteiger partial charge in [0.05, 0.1) is 16.8 Å². The molecule has 3 aromatic rings. The number of nitrogens with zero attached hydrogens (tertiary/aromatic N) is 5. The average molecular weight is 454 g/mol. The zero-order valence-corrected chi connectivity index (χ0v) is 19.0. The molecule has 2 aliphatic rings. The van der Waals surface area contributed by atoms with E-state index in [1.165, 1.54) is 0 Å². The highest BCUT2D eigenvalue weighted by atomic mass is 35.5. The molecule has 5 rings (SSSR count). The van der Waals surface area contributed by atoms with Crippen LogP contribution in [0.3, 0.4) is 0 Å². The minimum Gasteiger partial charge on any atom is -0.393 e. The molecule has 8 heteroatoms. The molecule has 0 saturated carbocycles. The van der Waals surface area contributed by atoms with Gasteiger partial charge < -0.3 is 24.2 Å². The van der Waals surface area contributed by atoms with Gasteiger partial charge in [-0.05, 0) is 50.1 Å². The molecule has 7 nitrogen and oxygen atoms in total. The minimum atomic E-state index is -0.272. The number of fused-ring (bicyclic) bond motifs is 1. The number of aliphatic hydroxyl groups is 1. The van der Waals surface area contributed by atoms with Crippen molar-refractivity contribution in [3.05, 3.63) is 53.3 Å². The van der Waals surface area contributed by atoms with Crippen LogP contribution in [-0.2, 0) is 0 Å². The molecular formula is C24H28ClN5O2. The van der Waals surface area contributed by atoms with Gasteiger partial charge in [-0.3, -0.25) is 0 Å². The standard InChI is InChI=1S/C24H28ClN5O2/c1-17-23(26-22-4-2-3-9-30(17)22)20-16-18(5-6-21(20)25)27-12-14-29(15-13-27)24(32)28-10-7-19(31)8-11-28/h2-6,9,16,19,31H,7-8,10-15H2,1H3. The van der Waals surface area contributed by atoms with E-state index in [2.05, 4.69) is 22.3 Å². The molecule has 2 aromatic heterocycles. The van der Waals surface area contributed by atoms with Crippen molar-refractivity contribution in [1.29, 1.82) is 0 Å². The Kier molecular flexibility index (Phi) is 5.69. The molecule has 1 aromatic carbocycles. The van der Waals surface area contributed by atoms with Gasteiger partial charge in [-0.15, -0.1) is 0 Å². The maximum Gasteiger partial charge on any atom is 0.320 e. The number of pyridine rings is 1. The summed E-state index contributed by atoms with van der Waals surface area (Å²) in [4.78, 5) is 23.7. The highest BCUT2D eigenvalue weighted by Gasteiger charge is 2.28. The first-order valence-electron chi connectivity index (χ1n) is 11.2. The fraction of sp³-hybridized carbons (Fsp3) is 0.417. The van der Waals surface area contributed by atoms with Gasteiger partial charge in [-0.1, -0.05) is 17.7 Å². The van der Waals surface area contributed by atoms with Crippen molar-refractivity contribution in [2.45, 2.75) is 25.9 Å². The maximum absolute atomic E-state index is 12.8. The van der Waals surface area contributed by atoms with Crippen LogP contribution in [0.1, 0.15) is 18.5 Å². The van der Waals surface area contributed by atoms with Crippen LogP contribution < -0.4 is 4.90 Å². The Balaban J connectivity index is 1.31. The van der Waals surface area contributed by atoms with Crippen molar-refractivity contribution in [3.8, 4) is 11.3 Å². The van der Waals surface area contributed by atoms with E-state index in [0.717, 1.165) is 41.4 Å². The predicted octanol–water partition coefficient (Wildman–Crippen LogP) is 3.66. The maximum atomic E-state index is 12.8. The lowest BCUT2D eigenvalue weighted by molar-refractivity contribution is 0.0805. The summed E-state index contributed by atoms with van der Waals surface area (Å²) in [5, 5.41) is 10.4. The first-order valence-corrected chi connectivity index (χ1v) is 11.6. The number of aromatic nitrogens is 2. The molecule has 0 atom stereocenters. The van der Waals surface area contributed by atoms with Crippen LogP contribution in [-0.4, -0.2) is 75.7 Å². The number of hydrogen-bond donors (Lipinski definition) is 1. The number of rotatable bonds is 2. The SMILES string of the molecule is Cc1c(-c2cc(N3CCN(C(=O)N4CCC(O)CC4)CC3)ccc2Cl)nc2ccccn12. The summed E-state index contributed by atoms with van der Waals surface area (Å²) in [6.45, 7) is 6.24. The van der Waals surface area contributed by atoms with Crippen molar-refractivity contribution >= 4 is 29.0 Å². The van der Waals surface area contributed by atoms with Crippen LogP contribution in [0.4, 0.5) is 10.5 Å². The summed E-state index contributed by atoms with van der Waals surface area (Å²) in [6, 6.07) is 12.2. The average Bonchev–Trinajstić information content (AvgIpc) is 3.16. The fourth-order valence-corrected chi connectivity index (χ4v) is 4.89. The Morgan fingerprint density at radius 2 is 1.75 bits per heavy atom. The van der Waals surface area contributed by atoms with Crippen LogP contribution in [0.5, 0.6) is 0 Å². The second kappa shape index (κ2) is 8.64. The third-order valence-corrected chi connectivity index (χ3v) is 6.95.